The molecule has 1 N–H and O–H groups in total. The van der Waals surface area contributed by atoms with E-state index in [1.807, 2.05) is 13.0 Å². The second-order valence-corrected chi connectivity index (χ2v) is 2.78. The topological polar surface area (TPSA) is 68.0 Å². The van der Waals surface area contributed by atoms with Crippen molar-refractivity contribution in [2.45, 2.75) is 6.92 Å². The quantitative estimate of drug-likeness (QED) is 0.657. The molecule has 13 heavy (non-hydrogen) atoms. The molecule has 0 aliphatic carbocycles. The number of hydrogen-bond donors (Lipinski definition) is 1. The standard InChI is InChI=1S/C8H7N3O2/c1-5-2-3-7-6(4-5)9-10-11(7)8(12)13/h2-4H,1H3,(H,12,13). The van der Waals surface area contributed by atoms with Gasteiger partial charge in [-0.3, -0.25) is 0 Å². The number of rotatable bonds is 0. The first-order valence-corrected chi connectivity index (χ1v) is 3.74. The smallest absolute Gasteiger partial charge is 0.434 e. The van der Waals surface area contributed by atoms with Gasteiger partial charge < -0.3 is 5.11 Å². The number of hydrogen-bond acceptors (Lipinski definition) is 3. The minimum Gasteiger partial charge on any atom is -0.463 e. The van der Waals surface area contributed by atoms with E-state index in [0.29, 0.717) is 11.0 Å². The molecule has 0 amide bonds. The Labute approximate surface area is 73.6 Å². The average Bonchev–Trinajstić information content (AvgIpc) is 2.46. The van der Waals surface area contributed by atoms with Gasteiger partial charge in [0.25, 0.3) is 0 Å². The van der Waals surface area contributed by atoms with Crippen molar-refractivity contribution in [2.75, 3.05) is 0 Å². The molecule has 0 aliphatic rings. The minimum atomic E-state index is -1.12. The van der Waals surface area contributed by atoms with Crippen LogP contribution in [0.1, 0.15) is 5.56 Å². The second kappa shape index (κ2) is 2.55. The predicted octanol–water partition coefficient (Wildman–Crippen LogP) is 1.27. The molecule has 1 aromatic carbocycles. The van der Waals surface area contributed by atoms with Crippen molar-refractivity contribution in [1.29, 1.82) is 0 Å². The molecule has 0 unspecified atom stereocenters. The number of aromatic nitrogens is 3. The number of benzene rings is 1. The zero-order valence-corrected chi connectivity index (χ0v) is 6.93. The maximum absolute atomic E-state index is 10.6. The van der Waals surface area contributed by atoms with Crippen LogP contribution in [-0.4, -0.2) is 26.2 Å². The normalized spacial score (nSPS) is 10.5. The molecule has 0 atom stereocenters. The zero-order valence-electron chi connectivity index (χ0n) is 6.93. The fraction of sp³-hybridized carbons (Fsp3) is 0.125. The van der Waals surface area contributed by atoms with Crippen LogP contribution in [-0.2, 0) is 0 Å². The molecule has 0 aliphatic heterocycles. The van der Waals surface area contributed by atoms with Crippen molar-refractivity contribution >= 4 is 17.1 Å². The van der Waals surface area contributed by atoms with Gasteiger partial charge in [0, 0.05) is 0 Å². The lowest BCUT2D eigenvalue weighted by Crippen LogP contribution is -2.09. The monoisotopic (exact) mass is 177 g/mol. The highest BCUT2D eigenvalue weighted by Gasteiger charge is 2.08. The molecule has 2 rings (SSSR count). The lowest BCUT2D eigenvalue weighted by molar-refractivity contribution is 0.193. The molecular weight excluding hydrogens is 170 g/mol. The Morgan fingerprint density at radius 2 is 2.31 bits per heavy atom. The summed E-state index contributed by atoms with van der Waals surface area (Å²) in [6, 6.07) is 5.31. The molecule has 66 valence electrons. The van der Waals surface area contributed by atoms with Crippen molar-refractivity contribution < 1.29 is 9.90 Å². The van der Waals surface area contributed by atoms with Crippen molar-refractivity contribution in [1.82, 2.24) is 15.0 Å². The van der Waals surface area contributed by atoms with E-state index in [0.717, 1.165) is 10.2 Å². The number of nitrogens with zero attached hydrogens (tertiary/aromatic N) is 3. The highest BCUT2D eigenvalue weighted by atomic mass is 16.4. The van der Waals surface area contributed by atoms with Crippen LogP contribution in [0, 0.1) is 6.92 Å². The summed E-state index contributed by atoms with van der Waals surface area (Å²) in [4.78, 5) is 10.6. The van der Waals surface area contributed by atoms with Crippen molar-refractivity contribution in [3.63, 3.8) is 0 Å². The van der Waals surface area contributed by atoms with E-state index in [2.05, 4.69) is 10.3 Å². The maximum atomic E-state index is 10.6. The molecule has 0 saturated carbocycles. The van der Waals surface area contributed by atoms with Crippen LogP contribution >= 0.6 is 0 Å². The van der Waals surface area contributed by atoms with Crippen LogP contribution in [0.15, 0.2) is 18.2 Å². The molecule has 0 saturated heterocycles. The van der Waals surface area contributed by atoms with E-state index in [9.17, 15) is 4.79 Å². The van der Waals surface area contributed by atoms with Crippen LogP contribution in [0.25, 0.3) is 11.0 Å². The highest BCUT2D eigenvalue weighted by Crippen LogP contribution is 2.12. The van der Waals surface area contributed by atoms with Gasteiger partial charge in [-0.05, 0) is 24.6 Å². The van der Waals surface area contributed by atoms with E-state index in [-0.39, 0.29) is 0 Å². The van der Waals surface area contributed by atoms with Gasteiger partial charge in [-0.1, -0.05) is 11.3 Å². The van der Waals surface area contributed by atoms with E-state index in [1.165, 1.54) is 0 Å². The van der Waals surface area contributed by atoms with E-state index < -0.39 is 6.09 Å². The zero-order chi connectivity index (χ0) is 9.42. The summed E-state index contributed by atoms with van der Waals surface area (Å²) in [6.07, 6.45) is -1.12. The first-order valence-electron chi connectivity index (χ1n) is 3.74. The third-order valence-corrected chi connectivity index (χ3v) is 1.78. The minimum absolute atomic E-state index is 0.512. The number of aryl methyl sites for hydroxylation is 1. The first-order chi connectivity index (χ1) is 6.18. The van der Waals surface area contributed by atoms with E-state index in [1.54, 1.807) is 12.1 Å². The molecule has 1 aromatic heterocycles. The molecule has 5 nitrogen and oxygen atoms in total. The van der Waals surface area contributed by atoms with Gasteiger partial charge in [0.1, 0.15) is 11.0 Å². The first kappa shape index (κ1) is 7.72. The fourth-order valence-electron chi connectivity index (χ4n) is 1.18. The lowest BCUT2D eigenvalue weighted by Gasteiger charge is -1.93. The van der Waals surface area contributed by atoms with E-state index >= 15 is 0 Å². The second-order valence-electron chi connectivity index (χ2n) is 2.78. The predicted molar refractivity (Wildman–Crippen MR) is 45.7 cm³/mol. The molecule has 5 heteroatoms. The Bertz CT molecular complexity index is 475. The summed E-state index contributed by atoms with van der Waals surface area (Å²) < 4.78 is 0.856. The Morgan fingerprint density at radius 3 is 3.00 bits per heavy atom. The SMILES string of the molecule is Cc1ccc2c(c1)nnn2C(=O)O. The molecule has 0 fully saturated rings. The Hall–Kier alpha value is -1.91. The molecule has 0 spiro atoms. The third kappa shape index (κ3) is 1.14. The number of fused-ring (bicyclic) bond motifs is 1. The van der Waals surface area contributed by atoms with E-state index in [4.69, 9.17) is 5.11 Å². The number of carbonyl (C=O) groups is 1. The Kier molecular flexibility index (Phi) is 1.51. The molecule has 2 aromatic rings. The fourth-order valence-corrected chi connectivity index (χ4v) is 1.18. The van der Waals surface area contributed by atoms with Crippen LogP contribution in [0.5, 0.6) is 0 Å². The largest absolute Gasteiger partial charge is 0.463 e. The third-order valence-electron chi connectivity index (χ3n) is 1.78. The average molecular weight is 177 g/mol. The Balaban J connectivity index is 2.76. The summed E-state index contributed by atoms with van der Waals surface area (Å²) in [5, 5.41) is 15.9. The van der Waals surface area contributed by atoms with Gasteiger partial charge in [0.05, 0.1) is 0 Å². The summed E-state index contributed by atoms with van der Waals surface area (Å²) in [6.45, 7) is 1.92. The summed E-state index contributed by atoms with van der Waals surface area (Å²) in [5.41, 5.74) is 2.14. The van der Waals surface area contributed by atoms with Crippen LogP contribution in [0.4, 0.5) is 4.79 Å². The van der Waals surface area contributed by atoms with Crippen LogP contribution in [0.2, 0.25) is 0 Å². The van der Waals surface area contributed by atoms with Gasteiger partial charge in [0.15, 0.2) is 0 Å². The lowest BCUT2D eigenvalue weighted by atomic mass is 10.2. The van der Waals surface area contributed by atoms with Gasteiger partial charge in [-0.15, -0.1) is 9.78 Å². The van der Waals surface area contributed by atoms with Crippen molar-refractivity contribution in [3.8, 4) is 0 Å². The maximum Gasteiger partial charge on any atom is 0.434 e. The Morgan fingerprint density at radius 1 is 1.54 bits per heavy atom. The van der Waals surface area contributed by atoms with Gasteiger partial charge in [-0.25, -0.2) is 4.79 Å². The summed E-state index contributed by atoms with van der Waals surface area (Å²) in [5.74, 6) is 0. The highest BCUT2D eigenvalue weighted by molar-refractivity contribution is 5.84. The summed E-state index contributed by atoms with van der Waals surface area (Å²) in [7, 11) is 0. The van der Waals surface area contributed by atoms with Gasteiger partial charge in [0.2, 0.25) is 0 Å². The van der Waals surface area contributed by atoms with Crippen molar-refractivity contribution in [3.05, 3.63) is 23.8 Å². The molecule has 1 heterocycles. The summed E-state index contributed by atoms with van der Waals surface area (Å²) >= 11 is 0. The molecule has 0 radical (unpaired) electrons. The van der Waals surface area contributed by atoms with Crippen molar-refractivity contribution in [2.24, 2.45) is 0 Å². The van der Waals surface area contributed by atoms with Gasteiger partial charge >= 0.3 is 6.09 Å². The number of carboxylic acid groups (broad SMARTS) is 1. The molecular formula is C8H7N3O2. The van der Waals surface area contributed by atoms with Gasteiger partial charge in [-0.2, -0.15) is 0 Å². The van der Waals surface area contributed by atoms with Crippen LogP contribution in [0.3, 0.4) is 0 Å². The van der Waals surface area contributed by atoms with Crippen LogP contribution < -0.4 is 0 Å². The molecule has 0 bridgehead atoms.